The fourth-order valence-electron chi connectivity index (χ4n) is 6.01. The molecular formula is C36H38ClN3O4. The van der Waals surface area contributed by atoms with E-state index in [1.165, 1.54) is 0 Å². The average Bonchev–Trinajstić information content (AvgIpc) is 3.04. The number of esters is 1. The molecule has 8 heteroatoms. The summed E-state index contributed by atoms with van der Waals surface area (Å²) >= 11 is 6.41. The van der Waals surface area contributed by atoms with Gasteiger partial charge >= 0.3 is 5.97 Å². The molecule has 7 nitrogen and oxygen atoms in total. The molecule has 0 spiro atoms. The van der Waals surface area contributed by atoms with E-state index in [1.807, 2.05) is 48.5 Å². The molecule has 1 N–H and O–H groups in total. The van der Waals surface area contributed by atoms with Gasteiger partial charge in [0.15, 0.2) is 0 Å². The molecule has 0 unspecified atom stereocenters. The minimum atomic E-state index is -0.522. The summed E-state index contributed by atoms with van der Waals surface area (Å²) in [5.74, 6) is -0.654. The summed E-state index contributed by atoms with van der Waals surface area (Å²) in [5, 5.41) is 9.82. The van der Waals surface area contributed by atoms with Crippen molar-refractivity contribution in [2.75, 3.05) is 45.9 Å². The lowest BCUT2D eigenvalue weighted by Crippen LogP contribution is -2.49. The molecule has 2 heterocycles. The van der Waals surface area contributed by atoms with Gasteiger partial charge in [0.2, 0.25) is 0 Å². The number of ether oxygens (including phenoxy) is 1. The third-order valence-corrected chi connectivity index (χ3v) is 8.44. The van der Waals surface area contributed by atoms with Gasteiger partial charge in [0.25, 0.3) is 5.91 Å². The second-order valence-corrected chi connectivity index (χ2v) is 11.5. The van der Waals surface area contributed by atoms with E-state index >= 15 is 0 Å². The maximum atomic E-state index is 14.1. The number of carbonyl (C=O) groups excluding carboxylic acids is 2. The number of aliphatic hydroxyl groups excluding tert-OH is 1. The van der Waals surface area contributed by atoms with E-state index in [-0.39, 0.29) is 30.6 Å². The van der Waals surface area contributed by atoms with Gasteiger partial charge in [-0.15, -0.1) is 0 Å². The van der Waals surface area contributed by atoms with Crippen LogP contribution in [0.1, 0.15) is 55.6 Å². The minimum absolute atomic E-state index is 0.0523. The summed E-state index contributed by atoms with van der Waals surface area (Å²) in [6.45, 7) is 6.77. The molecule has 0 bridgehead atoms. The predicted molar refractivity (Wildman–Crippen MR) is 173 cm³/mol. The Morgan fingerprint density at radius 3 is 2.07 bits per heavy atom. The number of halogens is 1. The van der Waals surface area contributed by atoms with E-state index in [4.69, 9.17) is 16.3 Å². The summed E-state index contributed by atoms with van der Waals surface area (Å²) in [6.07, 6.45) is 0.592. The first-order valence-electron chi connectivity index (χ1n) is 15.0. The second-order valence-electron chi connectivity index (χ2n) is 11.1. The molecule has 1 aromatic heterocycles. The van der Waals surface area contributed by atoms with Crippen LogP contribution in [0.15, 0.2) is 84.9 Å². The Bertz CT molecular complexity index is 1550. The number of benzene rings is 3. The highest BCUT2D eigenvalue weighted by molar-refractivity contribution is 6.31. The Morgan fingerprint density at radius 1 is 0.864 bits per heavy atom. The van der Waals surface area contributed by atoms with Gasteiger partial charge in [0.05, 0.1) is 35.7 Å². The van der Waals surface area contributed by atoms with Crippen LogP contribution in [0.25, 0.3) is 11.1 Å². The van der Waals surface area contributed by atoms with E-state index in [0.29, 0.717) is 72.2 Å². The standard InChI is InChI=1S/C36H38ClN3O4/c1-25-32(35(42)40-19-17-39(18-20-40)21-22-41)34(29-14-9-15-30(37)24-29)33(26(2)38-25)36(43)44-23-16-31(27-10-5-3-6-11-27)28-12-7-4-8-13-28/h3-15,24,31,41H,16-23H2,1-2H3. The number of rotatable bonds is 10. The Balaban J connectivity index is 1.46. The first-order chi connectivity index (χ1) is 21.4. The van der Waals surface area contributed by atoms with Gasteiger partial charge < -0.3 is 14.7 Å². The van der Waals surface area contributed by atoms with E-state index in [1.54, 1.807) is 30.9 Å². The first-order valence-corrected chi connectivity index (χ1v) is 15.4. The molecule has 1 amide bonds. The molecular weight excluding hydrogens is 574 g/mol. The third kappa shape index (κ3) is 7.18. The van der Waals surface area contributed by atoms with Gasteiger partial charge in [0, 0.05) is 49.2 Å². The fourth-order valence-corrected chi connectivity index (χ4v) is 6.20. The van der Waals surface area contributed by atoms with Gasteiger partial charge in [0.1, 0.15) is 0 Å². The number of β-amino-alcohol motifs (C(OH)–C–C–N with tert-alkyl or cyclic N) is 1. The number of nitrogens with zero attached hydrogens (tertiary/aromatic N) is 3. The normalized spacial score (nSPS) is 13.7. The van der Waals surface area contributed by atoms with Crippen LogP contribution in [0, 0.1) is 13.8 Å². The van der Waals surface area contributed by atoms with Gasteiger partial charge in [-0.2, -0.15) is 0 Å². The third-order valence-electron chi connectivity index (χ3n) is 8.21. The van der Waals surface area contributed by atoms with Crippen LogP contribution in [0.4, 0.5) is 0 Å². The van der Waals surface area contributed by atoms with Gasteiger partial charge in [-0.25, -0.2) is 4.79 Å². The molecule has 0 aliphatic carbocycles. The Morgan fingerprint density at radius 2 is 1.48 bits per heavy atom. The van der Waals surface area contributed by atoms with E-state index in [0.717, 1.165) is 11.1 Å². The quantitative estimate of drug-likeness (QED) is 0.217. The first kappa shape index (κ1) is 31.4. The van der Waals surface area contributed by atoms with Crippen LogP contribution >= 0.6 is 11.6 Å². The number of hydrogen-bond donors (Lipinski definition) is 1. The van der Waals surface area contributed by atoms with Gasteiger partial charge in [-0.3, -0.25) is 14.7 Å². The summed E-state index contributed by atoms with van der Waals surface area (Å²) in [6, 6.07) is 27.6. The van der Waals surface area contributed by atoms with Crippen LogP contribution in [0.2, 0.25) is 5.02 Å². The zero-order valence-corrected chi connectivity index (χ0v) is 26.0. The molecule has 44 heavy (non-hydrogen) atoms. The number of aliphatic hydroxyl groups is 1. The molecule has 0 saturated carbocycles. The average molecular weight is 612 g/mol. The number of hydrogen-bond acceptors (Lipinski definition) is 6. The number of pyridine rings is 1. The van der Waals surface area contributed by atoms with Gasteiger partial charge in [-0.05, 0) is 49.1 Å². The van der Waals surface area contributed by atoms with Crippen molar-refractivity contribution in [1.82, 2.24) is 14.8 Å². The topological polar surface area (TPSA) is 83.0 Å². The van der Waals surface area contributed by atoms with Gasteiger partial charge in [-0.1, -0.05) is 84.4 Å². The molecule has 1 saturated heterocycles. The van der Waals surface area contributed by atoms with E-state index in [9.17, 15) is 14.7 Å². The van der Waals surface area contributed by atoms with Crippen LogP contribution < -0.4 is 0 Å². The molecule has 5 rings (SSSR count). The second kappa shape index (κ2) is 14.6. The Hall–Kier alpha value is -4.04. The summed E-state index contributed by atoms with van der Waals surface area (Å²) in [5.41, 5.74) is 5.14. The summed E-state index contributed by atoms with van der Waals surface area (Å²) < 4.78 is 5.97. The molecule has 1 fully saturated rings. The van der Waals surface area contributed by atoms with Crippen molar-refractivity contribution in [2.24, 2.45) is 0 Å². The molecule has 0 radical (unpaired) electrons. The lowest BCUT2D eigenvalue weighted by atomic mass is 9.89. The largest absolute Gasteiger partial charge is 0.462 e. The summed E-state index contributed by atoms with van der Waals surface area (Å²) in [7, 11) is 0. The molecule has 0 atom stereocenters. The molecule has 228 valence electrons. The van der Waals surface area contributed by atoms with Crippen molar-refractivity contribution in [1.29, 1.82) is 0 Å². The Kier molecular flexibility index (Phi) is 10.4. The number of piperazine rings is 1. The fraction of sp³-hybridized carbons (Fsp3) is 0.306. The lowest BCUT2D eigenvalue weighted by molar-refractivity contribution is 0.0495. The number of amides is 1. The highest BCUT2D eigenvalue weighted by Crippen LogP contribution is 2.35. The maximum absolute atomic E-state index is 14.1. The number of carbonyl (C=O) groups is 2. The van der Waals surface area contributed by atoms with Crippen LogP contribution in [-0.2, 0) is 4.74 Å². The zero-order valence-electron chi connectivity index (χ0n) is 25.2. The smallest absolute Gasteiger partial charge is 0.340 e. The van der Waals surface area contributed by atoms with Crippen LogP contribution in [0.3, 0.4) is 0 Å². The monoisotopic (exact) mass is 611 g/mol. The van der Waals surface area contributed by atoms with Crippen LogP contribution in [-0.4, -0.2) is 77.7 Å². The highest BCUT2D eigenvalue weighted by atomic mass is 35.5. The van der Waals surface area contributed by atoms with Crippen LogP contribution in [0.5, 0.6) is 0 Å². The maximum Gasteiger partial charge on any atom is 0.340 e. The molecule has 3 aromatic carbocycles. The Labute approximate surface area is 264 Å². The van der Waals surface area contributed by atoms with E-state index in [2.05, 4.69) is 34.1 Å². The summed E-state index contributed by atoms with van der Waals surface area (Å²) in [4.78, 5) is 36.6. The highest BCUT2D eigenvalue weighted by Gasteiger charge is 2.31. The zero-order chi connectivity index (χ0) is 31.1. The number of aryl methyl sites for hydroxylation is 2. The minimum Gasteiger partial charge on any atom is -0.462 e. The SMILES string of the molecule is Cc1nc(C)c(C(=O)N2CCN(CCO)CC2)c(-c2cccc(Cl)c2)c1C(=O)OCCC(c1ccccc1)c1ccccc1. The van der Waals surface area contributed by atoms with Crippen molar-refractivity contribution in [3.05, 3.63) is 124 Å². The van der Waals surface area contributed by atoms with Crippen molar-refractivity contribution in [3.8, 4) is 11.1 Å². The number of aromatic nitrogens is 1. The lowest BCUT2D eigenvalue weighted by Gasteiger charge is -2.35. The molecule has 1 aliphatic rings. The molecule has 1 aliphatic heterocycles. The van der Waals surface area contributed by atoms with E-state index < -0.39 is 5.97 Å². The predicted octanol–water partition coefficient (Wildman–Crippen LogP) is 6.15. The van der Waals surface area contributed by atoms with Crippen molar-refractivity contribution >= 4 is 23.5 Å². The van der Waals surface area contributed by atoms with Crippen molar-refractivity contribution in [2.45, 2.75) is 26.2 Å². The van der Waals surface area contributed by atoms with Crippen molar-refractivity contribution < 1.29 is 19.4 Å². The van der Waals surface area contributed by atoms with Crippen molar-refractivity contribution in [3.63, 3.8) is 0 Å². The molecule has 4 aromatic rings.